The number of nitrogens with zero attached hydrogens (tertiary/aromatic N) is 1. The molecule has 2 heterocycles. The minimum atomic E-state index is -0.158. The molecule has 0 aliphatic rings. The third-order valence-electron chi connectivity index (χ3n) is 2.88. The number of aromatic nitrogens is 2. The molecule has 0 aliphatic heterocycles. The molecule has 1 aromatic carbocycles. The summed E-state index contributed by atoms with van der Waals surface area (Å²) in [5.41, 5.74) is 1.43. The molecule has 0 saturated carbocycles. The van der Waals surface area contributed by atoms with Gasteiger partial charge in [0.05, 0.1) is 31.0 Å². The second-order valence-corrected chi connectivity index (χ2v) is 3.98. The lowest BCUT2D eigenvalue weighted by molar-refractivity contribution is 0.415. The van der Waals surface area contributed by atoms with Crippen molar-refractivity contribution in [1.29, 1.82) is 0 Å². The Morgan fingerprint density at radius 3 is 3.00 bits per heavy atom. The summed E-state index contributed by atoms with van der Waals surface area (Å²) in [5, 5.41) is 0. The molecule has 0 saturated heterocycles. The van der Waals surface area contributed by atoms with Crippen LogP contribution in [0.3, 0.4) is 0 Å². The second kappa shape index (κ2) is 4.10. The minimum Gasteiger partial charge on any atom is -0.497 e. The lowest BCUT2D eigenvalue weighted by Gasteiger charge is -2.02. The van der Waals surface area contributed by atoms with Crippen molar-refractivity contribution in [2.75, 3.05) is 7.11 Å². The van der Waals surface area contributed by atoms with E-state index in [1.165, 1.54) is 0 Å². The lowest BCUT2D eigenvalue weighted by Crippen LogP contribution is -2.16. The van der Waals surface area contributed by atoms with Crippen LogP contribution in [-0.2, 0) is 6.54 Å². The molecule has 0 bridgehead atoms. The summed E-state index contributed by atoms with van der Waals surface area (Å²) >= 11 is 0. The highest BCUT2D eigenvalue weighted by Gasteiger charge is 2.09. The average Bonchev–Trinajstić information content (AvgIpc) is 2.98. The van der Waals surface area contributed by atoms with E-state index in [-0.39, 0.29) is 5.69 Å². The molecule has 3 rings (SSSR count). The van der Waals surface area contributed by atoms with Gasteiger partial charge in [0.1, 0.15) is 11.5 Å². The van der Waals surface area contributed by atoms with Gasteiger partial charge in [-0.25, -0.2) is 4.79 Å². The largest absolute Gasteiger partial charge is 0.497 e. The van der Waals surface area contributed by atoms with Crippen molar-refractivity contribution >= 4 is 11.0 Å². The lowest BCUT2D eigenvalue weighted by atomic mass is 10.3. The van der Waals surface area contributed by atoms with Crippen LogP contribution < -0.4 is 10.4 Å². The van der Waals surface area contributed by atoms with Crippen molar-refractivity contribution in [2.24, 2.45) is 0 Å². The van der Waals surface area contributed by atoms with Crippen molar-refractivity contribution in [3.05, 3.63) is 52.8 Å². The fourth-order valence-electron chi connectivity index (χ4n) is 1.99. The molecule has 92 valence electrons. The first kappa shape index (κ1) is 10.7. The zero-order chi connectivity index (χ0) is 12.5. The summed E-state index contributed by atoms with van der Waals surface area (Å²) in [7, 11) is 1.60. The summed E-state index contributed by atoms with van der Waals surface area (Å²) in [6.45, 7) is 0.415. The van der Waals surface area contributed by atoms with E-state index in [0.717, 1.165) is 16.8 Å². The highest BCUT2D eigenvalue weighted by atomic mass is 16.5. The van der Waals surface area contributed by atoms with E-state index in [2.05, 4.69) is 4.98 Å². The topological polar surface area (TPSA) is 60.2 Å². The number of nitrogens with one attached hydrogen (secondary N) is 1. The number of methoxy groups -OCH3 is 1. The van der Waals surface area contributed by atoms with E-state index in [1.54, 1.807) is 30.1 Å². The molecule has 0 amide bonds. The van der Waals surface area contributed by atoms with Gasteiger partial charge in [-0.2, -0.15) is 0 Å². The van der Waals surface area contributed by atoms with Gasteiger partial charge >= 0.3 is 5.69 Å². The number of hydrogen-bond donors (Lipinski definition) is 1. The molecule has 0 fully saturated rings. The SMILES string of the molecule is COc1ccc2c(c1)[nH]c(=O)n2Cc1ccco1. The van der Waals surface area contributed by atoms with Crippen LogP contribution in [0.25, 0.3) is 11.0 Å². The maximum absolute atomic E-state index is 11.9. The van der Waals surface area contributed by atoms with E-state index in [0.29, 0.717) is 12.3 Å². The monoisotopic (exact) mass is 244 g/mol. The predicted molar refractivity (Wildman–Crippen MR) is 66.9 cm³/mol. The van der Waals surface area contributed by atoms with Crippen LogP contribution in [0, 0.1) is 0 Å². The normalized spacial score (nSPS) is 10.9. The zero-order valence-electron chi connectivity index (χ0n) is 9.84. The number of ether oxygens (including phenoxy) is 1. The first-order chi connectivity index (χ1) is 8.78. The Balaban J connectivity index is 2.11. The summed E-state index contributed by atoms with van der Waals surface area (Å²) in [6.07, 6.45) is 1.60. The van der Waals surface area contributed by atoms with Gasteiger partial charge < -0.3 is 14.1 Å². The summed E-state index contributed by atoms with van der Waals surface area (Å²) in [6, 6.07) is 9.13. The van der Waals surface area contributed by atoms with Gasteiger partial charge in [0.2, 0.25) is 0 Å². The molecule has 0 atom stereocenters. The molecular formula is C13H12N2O3. The van der Waals surface area contributed by atoms with Crippen molar-refractivity contribution in [2.45, 2.75) is 6.54 Å². The number of hydrogen-bond acceptors (Lipinski definition) is 3. The van der Waals surface area contributed by atoms with E-state index in [9.17, 15) is 4.79 Å². The molecule has 0 aliphatic carbocycles. The minimum absolute atomic E-state index is 0.158. The van der Waals surface area contributed by atoms with Gasteiger partial charge in [-0.1, -0.05) is 0 Å². The van der Waals surface area contributed by atoms with Crippen LogP contribution in [0.2, 0.25) is 0 Å². The molecule has 1 N–H and O–H groups in total. The van der Waals surface area contributed by atoms with Crippen LogP contribution in [0.5, 0.6) is 5.75 Å². The number of H-pyrrole nitrogens is 1. The number of imidazole rings is 1. The van der Waals surface area contributed by atoms with Crippen LogP contribution in [-0.4, -0.2) is 16.7 Å². The Kier molecular flexibility index (Phi) is 2.44. The van der Waals surface area contributed by atoms with Gasteiger partial charge in [-0.05, 0) is 24.3 Å². The van der Waals surface area contributed by atoms with Gasteiger partial charge in [0.25, 0.3) is 0 Å². The number of rotatable bonds is 3. The fraction of sp³-hybridized carbons (Fsp3) is 0.154. The smallest absolute Gasteiger partial charge is 0.326 e. The fourth-order valence-corrected chi connectivity index (χ4v) is 1.99. The molecular weight excluding hydrogens is 232 g/mol. The molecule has 18 heavy (non-hydrogen) atoms. The Labute approximate surface area is 103 Å². The van der Waals surface area contributed by atoms with Crippen molar-refractivity contribution < 1.29 is 9.15 Å². The third kappa shape index (κ3) is 1.69. The average molecular weight is 244 g/mol. The second-order valence-electron chi connectivity index (χ2n) is 3.98. The Morgan fingerprint density at radius 2 is 2.28 bits per heavy atom. The number of fused-ring (bicyclic) bond motifs is 1. The summed E-state index contributed by atoms with van der Waals surface area (Å²) < 4.78 is 12.0. The Bertz CT molecular complexity index is 722. The number of furan rings is 1. The maximum atomic E-state index is 11.9. The van der Waals surface area contributed by atoms with Gasteiger partial charge in [-0.15, -0.1) is 0 Å². The van der Waals surface area contributed by atoms with Gasteiger partial charge in [0.15, 0.2) is 0 Å². The van der Waals surface area contributed by atoms with Crippen LogP contribution in [0.4, 0.5) is 0 Å². The molecule has 0 unspecified atom stereocenters. The van der Waals surface area contributed by atoms with Crippen LogP contribution in [0.1, 0.15) is 5.76 Å². The first-order valence-electron chi connectivity index (χ1n) is 5.57. The van der Waals surface area contributed by atoms with E-state index in [1.807, 2.05) is 18.2 Å². The highest BCUT2D eigenvalue weighted by Crippen LogP contribution is 2.18. The quantitative estimate of drug-likeness (QED) is 0.766. The van der Waals surface area contributed by atoms with E-state index in [4.69, 9.17) is 9.15 Å². The van der Waals surface area contributed by atoms with Gasteiger partial charge in [-0.3, -0.25) is 4.57 Å². The zero-order valence-corrected chi connectivity index (χ0v) is 9.84. The highest BCUT2D eigenvalue weighted by molar-refractivity contribution is 5.77. The molecule has 0 spiro atoms. The summed E-state index contributed by atoms with van der Waals surface area (Å²) in [4.78, 5) is 14.7. The first-order valence-corrected chi connectivity index (χ1v) is 5.57. The van der Waals surface area contributed by atoms with Crippen LogP contribution in [0.15, 0.2) is 45.8 Å². The number of aromatic amines is 1. The van der Waals surface area contributed by atoms with Gasteiger partial charge in [0, 0.05) is 6.07 Å². The van der Waals surface area contributed by atoms with E-state index < -0.39 is 0 Å². The number of benzene rings is 1. The molecule has 0 radical (unpaired) electrons. The predicted octanol–water partition coefficient (Wildman–Crippen LogP) is 1.98. The molecule has 2 aromatic heterocycles. The van der Waals surface area contributed by atoms with Crippen molar-refractivity contribution in [1.82, 2.24) is 9.55 Å². The third-order valence-corrected chi connectivity index (χ3v) is 2.88. The molecule has 3 aromatic rings. The van der Waals surface area contributed by atoms with E-state index >= 15 is 0 Å². The summed E-state index contributed by atoms with van der Waals surface area (Å²) in [5.74, 6) is 1.46. The van der Waals surface area contributed by atoms with Crippen molar-refractivity contribution in [3.8, 4) is 5.75 Å². The standard InChI is InChI=1S/C13H12N2O3/c1-17-9-4-5-12-11(7-9)14-13(16)15(12)8-10-3-2-6-18-10/h2-7H,8H2,1H3,(H,14,16). The Hall–Kier alpha value is -2.43. The van der Waals surface area contributed by atoms with Crippen molar-refractivity contribution in [3.63, 3.8) is 0 Å². The van der Waals surface area contributed by atoms with Crippen LogP contribution >= 0.6 is 0 Å². The molecule has 5 heteroatoms. The maximum Gasteiger partial charge on any atom is 0.326 e. The Morgan fingerprint density at radius 1 is 1.39 bits per heavy atom. The molecule has 5 nitrogen and oxygen atoms in total.